The van der Waals surface area contributed by atoms with Crippen molar-refractivity contribution >= 4 is 23.5 Å². The summed E-state index contributed by atoms with van der Waals surface area (Å²) in [6, 6.07) is 5.31. The molecule has 7 heteroatoms. The van der Waals surface area contributed by atoms with Crippen LogP contribution >= 0.6 is 11.6 Å². The molecule has 0 spiro atoms. The number of carbonyl (C=O) groups excluding carboxylic acids is 1. The Bertz CT molecular complexity index is 521. The van der Waals surface area contributed by atoms with Crippen molar-refractivity contribution in [3.05, 3.63) is 28.8 Å². The molecule has 0 aliphatic rings. The van der Waals surface area contributed by atoms with Crippen molar-refractivity contribution in [3.8, 4) is 5.75 Å². The molecule has 1 N–H and O–H groups in total. The molecule has 0 fully saturated rings. The van der Waals surface area contributed by atoms with Crippen molar-refractivity contribution in [1.29, 1.82) is 0 Å². The lowest BCUT2D eigenvalue weighted by Gasteiger charge is -2.20. The van der Waals surface area contributed by atoms with E-state index in [0.717, 1.165) is 5.56 Å². The van der Waals surface area contributed by atoms with Gasteiger partial charge in [0, 0.05) is 20.1 Å². The van der Waals surface area contributed by atoms with Crippen LogP contribution in [0, 0.1) is 0 Å². The van der Waals surface area contributed by atoms with E-state index in [1.165, 1.54) is 19.1 Å². The summed E-state index contributed by atoms with van der Waals surface area (Å²) in [7, 11) is 3.03. The van der Waals surface area contributed by atoms with Gasteiger partial charge < -0.3 is 19.5 Å². The van der Waals surface area contributed by atoms with Crippen LogP contribution in [-0.4, -0.2) is 55.8 Å². The highest BCUT2D eigenvalue weighted by molar-refractivity contribution is 6.32. The fourth-order valence-corrected chi connectivity index (χ4v) is 2.21. The van der Waals surface area contributed by atoms with Crippen molar-refractivity contribution in [1.82, 2.24) is 4.90 Å². The first-order chi connectivity index (χ1) is 10.5. The van der Waals surface area contributed by atoms with Crippen molar-refractivity contribution in [2.45, 2.75) is 12.8 Å². The van der Waals surface area contributed by atoms with E-state index in [0.29, 0.717) is 23.8 Å². The first-order valence-electron chi connectivity index (χ1n) is 6.78. The number of methoxy groups -OCH3 is 2. The van der Waals surface area contributed by atoms with E-state index in [9.17, 15) is 9.59 Å². The van der Waals surface area contributed by atoms with E-state index in [4.69, 9.17) is 26.2 Å². The second-order valence-electron chi connectivity index (χ2n) is 4.67. The Labute approximate surface area is 134 Å². The highest BCUT2D eigenvalue weighted by Crippen LogP contribution is 2.25. The molecule has 1 aromatic rings. The lowest BCUT2D eigenvalue weighted by atomic mass is 10.1. The fourth-order valence-electron chi connectivity index (χ4n) is 1.93. The fraction of sp³-hybridized carbons (Fsp3) is 0.467. The lowest BCUT2D eigenvalue weighted by Crippen LogP contribution is -2.38. The molecule has 0 saturated carbocycles. The summed E-state index contributed by atoms with van der Waals surface area (Å²) in [5.74, 6) is -0.701. The van der Waals surface area contributed by atoms with Crippen molar-refractivity contribution in [2.24, 2.45) is 0 Å². The number of hydrogen-bond donors (Lipinski definition) is 1. The monoisotopic (exact) mass is 329 g/mol. The second kappa shape index (κ2) is 9.27. The van der Waals surface area contributed by atoms with Gasteiger partial charge >= 0.3 is 5.97 Å². The van der Waals surface area contributed by atoms with Crippen LogP contribution in [0.4, 0.5) is 0 Å². The summed E-state index contributed by atoms with van der Waals surface area (Å²) >= 11 is 6.03. The minimum absolute atomic E-state index is 0.208. The number of aliphatic carboxylic acids is 1. The zero-order valence-corrected chi connectivity index (χ0v) is 13.4. The van der Waals surface area contributed by atoms with Crippen molar-refractivity contribution in [3.63, 3.8) is 0 Å². The number of halogens is 1. The molecule has 0 heterocycles. The van der Waals surface area contributed by atoms with Crippen LogP contribution in [0.2, 0.25) is 5.02 Å². The van der Waals surface area contributed by atoms with E-state index in [2.05, 4.69) is 0 Å². The first-order valence-corrected chi connectivity index (χ1v) is 7.16. The average molecular weight is 330 g/mol. The quantitative estimate of drug-likeness (QED) is 0.748. The van der Waals surface area contributed by atoms with E-state index < -0.39 is 5.97 Å². The number of ether oxygens (including phenoxy) is 2. The predicted molar refractivity (Wildman–Crippen MR) is 82.4 cm³/mol. The van der Waals surface area contributed by atoms with Gasteiger partial charge in [0.15, 0.2) is 0 Å². The van der Waals surface area contributed by atoms with Crippen LogP contribution in [0.15, 0.2) is 18.2 Å². The van der Waals surface area contributed by atoms with Crippen LogP contribution in [0.5, 0.6) is 5.75 Å². The third kappa shape index (κ3) is 5.91. The van der Waals surface area contributed by atoms with E-state index in [1.807, 2.05) is 6.07 Å². The summed E-state index contributed by atoms with van der Waals surface area (Å²) in [6.07, 6.45) is 0.686. The summed E-state index contributed by atoms with van der Waals surface area (Å²) in [6.45, 7) is 0.226. The number of hydrogen-bond acceptors (Lipinski definition) is 4. The Morgan fingerprint density at radius 2 is 2.05 bits per heavy atom. The Morgan fingerprint density at radius 1 is 1.32 bits per heavy atom. The molecule has 0 bridgehead atoms. The zero-order valence-electron chi connectivity index (χ0n) is 12.7. The molecule has 22 heavy (non-hydrogen) atoms. The number of aryl methyl sites for hydroxylation is 1. The molecule has 0 aliphatic heterocycles. The molecule has 1 amide bonds. The van der Waals surface area contributed by atoms with Gasteiger partial charge in [0.2, 0.25) is 5.91 Å². The van der Waals surface area contributed by atoms with E-state index >= 15 is 0 Å². The third-order valence-corrected chi connectivity index (χ3v) is 3.38. The summed E-state index contributed by atoms with van der Waals surface area (Å²) in [5, 5.41) is 9.33. The van der Waals surface area contributed by atoms with Gasteiger partial charge in [0.05, 0.1) is 18.7 Å². The Balaban J connectivity index is 2.61. The highest BCUT2D eigenvalue weighted by atomic mass is 35.5. The Morgan fingerprint density at radius 3 is 2.59 bits per heavy atom. The number of amides is 1. The zero-order chi connectivity index (χ0) is 16.5. The molecule has 1 aromatic carbocycles. The van der Waals surface area contributed by atoms with Crippen molar-refractivity contribution in [2.75, 3.05) is 33.9 Å². The molecular weight excluding hydrogens is 310 g/mol. The maximum Gasteiger partial charge on any atom is 0.323 e. The minimum Gasteiger partial charge on any atom is -0.495 e. The van der Waals surface area contributed by atoms with Gasteiger partial charge in [-0.15, -0.1) is 0 Å². The van der Waals surface area contributed by atoms with Crippen LogP contribution < -0.4 is 4.74 Å². The third-order valence-electron chi connectivity index (χ3n) is 3.09. The molecule has 122 valence electrons. The van der Waals surface area contributed by atoms with Gasteiger partial charge in [0.25, 0.3) is 0 Å². The van der Waals surface area contributed by atoms with Crippen LogP contribution in [0.25, 0.3) is 0 Å². The van der Waals surface area contributed by atoms with Crippen LogP contribution in [0.1, 0.15) is 12.0 Å². The molecule has 0 aromatic heterocycles. The normalized spacial score (nSPS) is 10.3. The Hall–Kier alpha value is -1.79. The van der Waals surface area contributed by atoms with Gasteiger partial charge in [0.1, 0.15) is 12.3 Å². The standard InChI is InChI=1S/C15H20ClNO5/c1-21-8-7-17(10-15(19)20)14(18)6-4-11-3-5-13(22-2)12(16)9-11/h3,5,9H,4,6-8,10H2,1-2H3,(H,19,20). The molecule has 0 atom stereocenters. The first kappa shape index (κ1) is 18.3. The number of benzene rings is 1. The number of rotatable bonds is 9. The van der Waals surface area contributed by atoms with Gasteiger partial charge in [-0.25, -0.2) is 0 Å². The SMILES string of the molecule is COCCN(CC(=O)O)C(=O)CCc1ccc(OC)c(Cl)c1. The minimum atomic E-state index is -1.04. The van der Waals surface area contributed by atoms with Crippen molar-refractivity contribution < 1.29 is 24.2 Å². The summed E-state index contributed by atoms with van der Waals surface area (Å²) < 4.78 is 9.96. The van der Waals surface area contributed by atoms with Crippen LogP contribution in [-0.2, 0) is 20.7 Å². The van der Waals surface area contributed by atoms with Crippen LogP contribution in [0.3, 0.4) is 0 Å². The van der Waals surface area contributed by atoms with Gasteiger partial charge in [-0.1, -0.05) is 17.7 Å². The maximum absolute atomic E-state index is 12.1. The van der Waals surface area contributed by atoms with Gasteiger partial charge in [-0.3, -0.25) is 9.59 Å². The molecule has 0 aliphatic carbocycles. The molecular formula is C15H20ClNO5. The molecule has 6 nitrogen and oxygen atoms in total. The molecule has 0 radical (unpaired) electrons. The largest absolute Gasteiger partial charge is 0.495 e. The number of carboxylic acid groups (broad SMARTS) is 1. The van der Waals surface area contributed by atoms with E-state index in [-0.39, 0.29) is 25.4 Å². The number of nitrogens with zero attached hydrogens (tertiary/aromatic N) is 1. The van der Waals surface area contributed by atoms with Gasteiger partial charge in [-0.2, -0.15) is 0 Å². The molecule has 0 unspecified atom stereocenters. The van der Waals surface area contributed by atoms with E-state index in [1.54, 1.807) is 12.1 Å². The highest BCUT2D eigenvalue weighted by Gasteiger charge is 2.16. The number of carboxylic acids is 1. The lowest BCUT2D eigenvalue weighted by molar-refractivity contribution is -0.144. The summed E-state index contributed by atoms with van der Waals surface area (Å²) in [5.41, 5.74) is 0.890. The Kier molecular flexibility index (Phi) is 7.70. The topological polar surface area (TPSA) is 76.1 Å². The smallest absolute Gasteiger partial charge is 0.323 e. The average Bonchev–Trinajstić information content (AvgIpc) is 2.48. The van der Waals surface area contributed by atoms with Gasteiger partial charge in [-0.05, 0) is 24.1 Å². The second-order valence-corrected chi connectivity index (χ2v) is 5.08. The predicted octanol–water partition coefficient (Wildman–Crippen LogP) is 1.84. The number of carbonyl (C=O) groups is 2. The summed E-state index contributed by atoms with van der Waals surface area (Å²) in [4.78, 5) is 24.2. The molecule has 0 saturated heterocycles. The molecule has 1 rings (SSSR count). The maximum atomic E-state index is 12.1.